The third kappa shape index (κ3) is 3.91. The van der Waals surface area contributed by atoms with Gasteiger partial charge in [-0.2, -0.15) is 0 Å². The van der Waals surface area contributed by atoms with Crippen LogP contribution in [0.5, 0.6) is 0 Å². The van der Waals surface area contributed by atoms with Crippen LogP contribution in [0.3, 0.4) is 0 Å². The maximum absolute atomic E-state index is 11.8. The SMILES string of the molecule is CN=C(NCC(C1CC1)N(C)C)N1CC(C)C(C(=O)OC)C1. The molecule has 0 bridgehead atoms. The summed E-state index contributed by atoms with van der Waals surface area (Å²) in [6.45, 7) is 4.53. The van der Waals surface area contributed by atoms with E-state index >= 15 is 0 Å². The van der Waals surface area contributed by atoms with Crippen LogP contribution in [0.2, 0.25) is 0 Å². The van der Waals surface area contributed by atoms with Crippen molar-refractivity contribution in [2.24, 2.45) is 22.7 Å². The zero-order chi connectivity index (χ0) is 16.3. The number of ether oxygens (including phenoxy) is 1. The van der Waals surface area contributed by atoms with Gasteiger partial charge in [-0.25, -0.2) is 0 Å². The van der Waals surface area contributed by atoms with Crippen molar-refractivity contribution in [3.05, 3.63) is 0 Å². The summed E-state index contributed by atoms with van der Waals surface area (Å²) in [7, 11) is 7.54. The standard InChI is InChI=1S/C16H30N4O2/c1-11-9-20(10-13(11)15(21)22-5)16(17-2)18-8-14(19(3)4)12-6-7-12/h11-14H,6-10H2,1-5H3,(H,17,18). The highest BCUT2D eigenvalue weighted by Crippen LogP contribution is 2.34. The van der Waals surface area contributed by atoms with E-state index in [1.165, 1.54) is 20.0 Å². The van der Waals surface area contributed by atoms with Gasteiger partial charge < -0.3 is 19.9 Å². The molecule has 1 saturated heterocycles. The summed E-state index contributed by atoms with van der Waals surface area (Å²) in [5.74, 6) is 1.82. The summed E-state index contributed by atoms with van der Waals surface area (Å²) in [5, 5.41) is 3.49. The van der Waals surface area contributed by atoms with Crippen molar-refractivity contribution in [3.63, 3.8) is 0 Å². The summed E-state index contributed by atoms with van der Waals surface area (Å²) >= 11 is 0. The molecule has 1 aliphatic heterocycles. The van der Waals surface area contributed by atoms with E-state index < -0.39 is 0 Å². The van der Waals surface area contributed by atoms with E-state index in [0.717, 1.165) is 25.0 Å². The van der Waals surface area contributed by atoms with Crippen LogP contribution < -0.4 is 5.32 Å². The normalized spacial score (nSPS) is 27.2. The quantitative estimate of drug-likeness (QED) is 0.459. The van der Waals surface area contributed by atoms with E-state index in [4.69, 9.17) is 4.74 Å². The largest absolute Gasteiger partial charge is 0.469 e. The maximum atomic E-state index is 11.8. The fourth-order valence-electron chi connectivity index (χ4n) is 3.38. The van der Waals surface area contributed by atoms with Gasteiger partial charge in [-0.05, 0) is 38.8 Å². The Hall–Kier alpha value is -1.30. The van der Waals surface area contributed by atoms with Gasteiger partial charge in [0.05, 0.1) is 13.0 Å². The molecule has 1 aliphatic carbocycles. The van der Waals surface area contributed by atoms with E-state index in [1.807, 2.05) is 0 Å². The third-order valence-electron chi connectivity index (χ3n) is 4.93. The Morgan fingerprint density at radius 2 is 2.09 bits per heavy atom. The number of nitrogens with one attached hydrogen (secondary N) is 1. The van der Waals surface area contributed by atoms with Crippen LogP contribution in [0.1, 0.15) is 19.8 Å². The minimum Gasteiger partial charge on any atom is -0.469 e. The molecule has 0 aromatic rings. The molecule has 6 nitrogen and oxygen atoms in total. The van der Waals surface area contributed by atoms with Crippen molar-refractivity contribution >= 4 is 11.9 Å². The van der Waals surface area contributed by atoms with Gasteiger partial charge in [-0.3, -0.25) is 9.79 Å². The first-order valence-corrected chi connectivity index (χ1v) is 8.17. The van der Waals surface area contributed by atoms with Gasteiger partial charge in [-0.1, -0.05) is 6.92 Å². The molecule has 6 heteroatoms. The average Bonchev–Trinajstić information content (AvgIpc) is 3.24. The molecule has 126 valence electrons. The highest BCUT2D eigenvalue weighted by atomic mass is 16.5. The van der Waals surface area contributed by atoms with E-state index in [-0.39, 0.29) is 11.9 Å². The first kappa shape index (κ1) is 17.1. The predicted octanol–water partition coefficient (Wildman–Crippen LogP) is 0.643. The summed E-state index contributed by atoms with van der Waals surface area (Å²) in [4.78, 5) is 20.7. The van der Waals surface area contributed by atoms with Gasteiger partial charge in [0.15, 0.2) is 5.96 Å². The summed E-state index contributed by atoms with van der Waals surface area (Å²) in [6, 6.07) is 0.549. The lowest BCUT2D eigenvalue weighted by Crippen LogP contribution is -2.47. The number of likely N-dealkylation sites (N-methyl/N-ethyl adjacent to an activating group) is 1. The zero-order valence-corrected chi connectivity index (χ0v) is 14.5. The van der Waals surface area contributed by atoms with E-state index in [2.05, 4.69) is 41.1 Å². The number of carbonyl (C=O) groups is 1. The van der Waals surface area contributed by atoms with Crippen LogP contribution in [-0.2, 0) is 9.53 Å². The molecule has 2 fully saturated rings. The van der Waals surface area contributed by atoms with Crippen molar-refractivity contribution in [3.8, 4) is 0 Å². The number of rotatable bonds is 5. The molecule has 2 aliphatic rings. The molecule has 1 N–H and O–H groups in total. The Morgan fingerprint density at radius 3 is 2.59 bits per heavy atom. The Labute approximate surface area is 133 Å². The maximum Gasteiger partial charge on any atom is 0.310 e. The van der Waals surface area contributed by atoms with Crippen LogP contribution in [0.4, 0.5) is 0 Å². The van der Waals surface area contributed by atoms with E-state index in [1.54, 1.807) is 7.05 Å². The van der Waals surface area contributed by atoms with Crippen molar-refractivity contribution < 1.29 is 9.53 Å². The number of aliphatic imine (C=N–C) groups is 1. The van der Waals surface area contributed by atoms with Crippen LogP contribution in [0.25, 0.3) is 0 Å². The number of guanidine groups is 1. The molecule has 22 heavy (non-hydrogen) atoms. The smallest absolute Gasteiger partial charge is 0.310 e. The van der Waals surface area contributed by atoms with E-state index in [0.29, 0.717) is 18.5 Å². The van der Waals surface area contributed by atoms with E-state index in [9.17, 15) is 4.79 Å². The summed E-state index contributed by atoms with van der Waals surface area (Å²) < 4.78 is 4.90. The number of hydrogen-bond acceptors (Lipinski definition) is 4. The molecule has 0 aromatic carbocycles. The summed E-state index contributed by atoms with van der Waals surface area (Å²) in [6.07, 6.45) is 2.66. The topological polar surface area (TPSA) is 57.2 Å². The average molecular weight is 310 g/mol. The second-order valence-electron chi connectivity index (χ2n) is 6.81. The second kappa shape index (κ2) is 7.31. The van der Waals surface area contributed by atoms with Crippen LogP contribution in [0.15, 0.2) is 4.99 Å². The highest BCUT2D eigenvalue weighted by molar-refractivity contribution is 5.82. The van der Waals surface area contributed by atoms with Gasteiger partial charge in [0, 0.05) is 32.7 Å². The van der Waals surface area contributed by atoms with Crippen LogP contribution in [-0.4, -0.2) is 75.7 Å². The molecule has 0 aromatic heterocycles. The van der Waals surface area contributed by atoms with Crippen molar-refractivity contribution in [2.75, 3.05) is 47.9 Å². The van der Waals surface area contributed by atoms with Crippen LogP contribution >= 0.6 is 0 Å². The molecule has 1 heterocycles. The Kier molecular flexibility index (Phi) is 5.67. The molecule has 0 amide bonds. The van der Waals surface area contributed by atoms with Crippen LogP contribution in [0, 0.1) is 17.8 Å². The Balaban J connectivity index is 1.91. The van der Waals surface area contributed by atoms with Gasteiger partial charge in [-0.15, -0.1) is 0 Å². The van der Waals surface area contributed by atoms with Crippen molar-refractivity contribution in [1.29, 1.82) is 0 Å². The van der Waals surface area contributed by atoms with Gasteiger partial charge in [0.25, 0.3) is 0 Å². The molecular weight excluding hydrogens is 280 g/mol. The minimum atomic E-state index is -0.116. The monoisotopic (exact) mass is 310 g/mol. The number of hydrogen-bond donors (Lipinski definition) is 1. The second-order valence-corrected chi connectivity index (χ2v) is 6.81. The molecule has 2 rings (SSSR count). The first-order chi connectivity index (χ1) is 10.5. The zero-order valence-electron chi connectivity index (χ0n) is 14.5. The first-order valence-electron chi connectivity index (χ1n) is 8.17. The number of nitrogens with zero attached hydrogens (tertiary/aromatic N) is 3. The molecule has 3 atom stereocenters. The van der Waals surface area contributed by atoms with Gasteiger partial charge in [0.2, 0.25) is 0 Å². The van der Waals surface area contributed by atoms with Crippen molar-refractivity contribution in [2.45, 2.75) is 25.8 Å². The highest BCUT2D eigenvalue weighted by Gasteiger charge is 2.37. The molecule has 0 radical (unpaired) electrons. The number of carbonyl (C=O) groups excluding carboxylic acids is 1. The Morgan fingerprint density at radius 1 is 1.41 bits per heavy atom. The molecule has 1 saturated carbocycles. The fraction of sp³-hybridized carbons (Fsp3) is 0.875. The fourth-order valence-corrected chi connectivity index (χ4v) is 3.38. The van der Waals surface area contributed by atoms with Gasteiger partial charge in [0.1, 0.15) is 0 Å². The molecule has 0 spiro atoms. The predicted molar refractivity (Wildman–Crippen MR) is 87.8 cm³/mol. The molecule has 3 unspecified atom stereocenters. The minimum absolute atomic E-state index is 0.0587. The van der Waals surface area contributed by atoms with Gasteiger partial charge >= 0.3 is 5.97 Å². The summed E-state index contributed by atoms with van der Waals surface area (Å²) in [5.41, 5.74) is 0. The number of likely N-dealkylation sites (tertiary alicyclic amines) is 1. The lowest BCUT2D eigenvalue weighted by Gasteiger charge is -2.28. The number of methoxy groups -OCH3 is 1. The lowest BCUT2D eigenvalue weighted by molar-refractivity contribution is -0.145. The Bertz CT molecular complexity index is 418. The lowest BCUT2D eigenvalue weighted by atomic mass is 9.99. The number of esters is 1. The molecular formula is C16H30N4O2. The van der Waals surface area contributed by atoms with Crippen molar-refractivity contribution in [1.82, 2.24) is 15.1 Å². The third-order valence-corrected chi connectivity index (χ3v) is 4.93.